The Bertz CT molecular complexity index is 1130. The molecule has 0 bridgehead atoms. The molecule has 0 unspecified atom stereocenters. The fourth-order valence-electron chi connectivity index (χ4n) is 3.75. The first kappa shape index (κ1) is 26.1. The summed E-state index contributed by atoms with van der Waals surface area (Å²) in [4.78, 5) is 21.4. The first-order valence-electron chi connectivity index (χ1n) is 9.83. The van der Waals surface area contributed by atoms with Crippen LogP contribution in [0.4, 0.5) is 8.78 Å². The summed E-state index contributed by atoms with van der Waals surface area (Å²) in [5.74, 6) is -1.96. The predicted molar refractivity (Wildman–Crippen MR) is 121 cm³/mol. The van der Waals surface area contributed by atoms with Crippen molar-refractivity contribution in [3.8, 4) is 11.3 Å². The van der Waals surface area contributed by atoms with Gasteiger partial charge in [0.2, 0.25) is 0 Å². The van der Waals surface area contributed by atoms with Gasteiger partial charge in [0.05, 0.1) is 36.3 Å². The Morgan fingerprint density at radius 2 is 1.97 bits per heavy atom. The Labute approximate surface area is 195 Å². The number of nitrogens with one attached hydrogen (secondary N) is 1. The number of fused-ring (bicyclic) bond motifs is 1. The number of halogens is 4. The van der Waals surface area contributed by atoms with Crippen molar-refractivity contribution in [1.29, 1.82) is 0 Å². The minimum absolute atomic E-state index is 0. The molecule has 7 nitrogen and oxygen atoms in total. The highest BCUT2D eigenvalue weighted by atomic mass is 35.5. The zero-order valence-electron chi connectivity index (χ0n) is 16.9. The zero-order valence-corrected chi connectivity index (χ0v) is 18.6. The van der Waals surface area contributed by atoms with Gasteiger partial charge in [-0.15, -0.1) is 24.8 Å². The predicted octanol–water partition coefficient (Wildman–Crippen LogP) is 2.44. The van der Waals surface area contributed by atoms with Gasteiger partial charge in [0.15, 0.2) is 17.2 Å². The van der Waals surface area contributed by atoms with Crippen molar-refractivity contribution in [3.63, 3.8) is 0 Å². The van der Waals surface area contributed by atoms with Gasteiger partial charge in [-0.25, -0.2) is 18.7 Å². The van der Waals surface area contributed by atoms with E-state index in [4.69, 9.17) is 0 Å². The van der Waals surface area contributed by atoms with Crippen molar-refractivity contribution < 1.29 is 19.0 Å². The summed E-state index contributed by atoms with van der Waals surface area (Å²) in [5, 5.41) is 23.6. The Kier molecular flexibility index (Phi) is 9.06. The van der Waals surface area contributed by atoms with E-state index in [9.17, 15) is 23.8 Å². The van der Waals surface area contributed by atoms with E-state index in [1.54, 1.807) is 12.1 Å². The molecule has 4 rings (SSSR count). The number of nitrogens with zero attached hydrogens (tertiary/aromatic N) is 3. The van der Waals surface area contributed by atoms with E-state index in [1.165, 1.54) is 17.0 Å². The van der Waals surface area contributed by atoms with Crippen LogP contribution in [0.25, 0.3) is 22.3 Å². The number of aromatic nitrogens is 3. The Morgan fingerprint density at radius 3 is 2.69 bits per heavy atom. The third-order valence-electron chi connectivity index (χ3n) is 5.37. The number of rotatable bonds is 5. The lowest BCUT2D eigenvalue weighted by Crippen LogP contribution is -2.47. The molecule has 32 heavy (non-hydrogen) atoms. The number of aliphatic hydroxyl groups is 2. The summed E-state index contributed by atoms with van der Waals surface area (Å²) in [5.41, 5.74) is 0.640. The number of piperidine rings is 1. The summed E-state index contributed by atoms with van der Waals surface area (Å²) >= 11 is 0. The van der Waals surface area contributed by atoms with Gasteiger partial charge in [0.25, 0.3) is 5.56 Å². The van der Waals surface area contributed by atoms with Crippen LogP contribution < -0.4 is 10.9 Å². The van der Waals surface area contributed by atoms with E-state index in [-0.39, 0.29) is 42.9 Å². The molecule has 174 valence electrons. The van der Waals surface area contributed by atoms with Crippen molar-refractivity contribution in [2.45, 2.75) is 44.1 Å². The van der Waals surface area contributed by atoms with Gasteiger partial charge in [-0.05, 0) is 56.1 Å². The summed E-state index contributed by atoms with van der Waals surface area (Å²) in [7, 11) is 0. The van der Waals surface area contributed by atoms with Gasteiger partial charge in [-0.2, -0.15) is 0 Å². The summed E-state index contributed by atoms with van der Waals surface area (Å²) < 4.78 is 28.0. The molecule has 2 aromatic heterocycles. The summed E-state index contributed by atoms with van der Waals surface area (Å²) in [6.45, 7) is 0.784. The average molecular weight is 489 g/mol. The van der Waals surface area contributed by atoms with Gasteiger partial charge < -0.3 is 15.5 Å². The molecular weight excluding hydrogens is 465 g/mol. The summed E-state index contributed by atoms with van der Waals surface area (Å²) in [6, 6.07) is 6.34. The van der Waals surface area contributed by atoms with Crippen molar-refractivity contribution in [3.05, 3.63) is 58.6 Å². The first-order chi connectivity index (χ1) is 14.4. The van der Waals surface area contributed by atoms with Crippen LogP contribution >= 0.6 is 24.8 Å². The molecule has 11 heteroatoms. The normalized spacial score (nSPS) is 19.1. The molecule has 1 aromatic carbocycles. The number of aliphatic hydroxyl groups excluding tert-OH is 2. The lowest BCUT2D eigenvalue weighted by atomic mass is 9.96. The Hall–Kier alpha value is -2.17. The van der Waals surface area contributed by atoms with Crippen LogP contribution in [0, 0.1) is 11.6 Å². The smallest absolute Gasteiger partial charge is 0.279 e. The lowest BCUT2D eigenvalue weighted by molar-refractivity contribution is 0.0539. The van der Waals surface area contributed by atoms with Crippen LogP contribution in [0.1, 0.15) is 19.3 Å². The lowest BCUT2D eigenvalue weighted by Gasteiger charge is -2.30. The maximum atomic E-state index is 13.6. The van der Waals surface area contributed by atoms with Crippen LogP contribution in [-0.4, -0.2) is 49.5 Å². The third kappa shape index (κ3) is 5.60. The second kappa shape index (κ2) is 11.1. The highest BCUT2D eigenvalue weighted by molar-refractivity contribution is 5.85. The van der Waals surface area contributed by atoms with Gasteiger partial charge >= 0.3 is 0 Å². The quantitative estimate of drug-likeness (QED) is 0.509. The van der Waals surface area contributed by atoms with E-state index < -0.39 is 29.4 Å². The van der Waals surface area contributed by atoms with E-state index >= 15 is 0 Å². The molecule has 1 aliphatic heterocycles. The fourth-order valence-corrected chi connectivity index (χ4v) is 3.75. The standard InChI is InChI=1S/C21H22F2N4O3.2ClH/c22-14-4-3-12(8-15(14)23)16-5-6-17-20(26-16)21(30)27(11-25-17)10-13(28)9-18-19(29)2-1-7-24-18;;/h3-6,8,11,13,18-19,24,28-29H,1-2,7,9-10H2;2*1H/t13-,18+,19-;;/m0../s1. The molecule has 1 saturated heterocycles. The second-order valence-electron chi connectivity index (χ2n) is 7.55. The van der Waals surface area contributed by atoms with Crippen LogP contribution in [0.3, 0.4) is 0 Å². The van der Waals surface area contributed by atoms with Gasteiger partial charge in [-0.3, -0.25) is 9.36 Å². The highest BCUT2D eigenvalue weighted by Gasteiger charge is 2.25. The number of hydrogen-bond donors (Lipinski definition) is 3. The van der Waals surface area contributed by atoms with Crippen LogP contribution in [0.2, 0.25) is 0 Å². The molecule has 1 fully saturated rings. The van der Waals surface area contributed by atoms with E-state index in [2.05, 4.69) is 15.3 Å². The monoisotopic (exact) mass is 488 g/mol. The van der Waals surface area contributed by atoms with E-state index in [1.807, 2.05) is 0 Å². The first-order valence-corrected chi connectivity index (χ1v) is 9.83. The molecule has 3 heterocycles. The molecule has 0 aliphatic carbocycles. The fraction of sp³-hybridized carbons (Fsp3) is 0.381. The molecule has 3 N–H and O–H groups in total. The van der Waals surface area contributed by atoms with Crippen molar-refractivity contribution in [1.82, 2.24) is 19.9 Å². The van der Waals surface area contributed by atoms with Crippen molar-refractivity contribution in [2.24, 2.45) is 0 Å². The molecular formula is C21H24Cl2F2N4O3. The van der Waals surface area contributed by atoms with Gasteiger partial charge in [-0.1, -0.05) is 0 Å². The van der Waals surface area contributed by atoms with Crippen LogP contribution in [0.15, 0.2) is 41.5 Å². The molecule has 0 spiro atoms. The molecule has 3 atom stereocenters. The van der Waals surface area contributed by atoms with Gasteiger partial charge in [0, 0.05) is 11.6 Å². The van der Waals surface area contributed by atoms with Crippen molar-refractivity contribution in [2.75, 3.05) is 6.54 Å². The molecule has 0 saturated carbocycles. The van der Waals surface area contributed by atoms with Gasteiger partial charge in [0.1, 0.15) is 0 Å². The SMILES string of the molecule is Cl.Cl.O=c1c2nc(-c3ccc(F)c(F)c3)ccc2ncn1C[C@@H](O)C[C@H]1NCCC[C@@H]1O. The molecule has 0 radical (unpaired) electrons. The minimum atomic E-state index is -1.00. The zero-order chi connectivity index (χ0) is 21.3. The van der Waals surface area contributed by atoms with Crippen molar-refractivity contribution >= 4 is 35.8 Å². The molecule has 3 aromatic rings. The minimum Gasteiger partial charge on any atom is -0.392 e. The largest absolute Gasteiger partial charge is 0.392 e. The van der Waals surface area contributed by atoms with Crippen LogP contribution in [-0.2, 0) is 6.54 Å². The molecule has 1 aliphatic rings. The maximum Gasteiger partial charge on any atom is 0.279 e. The summed E-state index contributed by atoms with van der Waals surface area (Å²) in [6.07, 6.45) is 1.82. The Balaban J connectivity index is 0.00000181. The number of benzene rings is 1. The maximum absolute atomic E-state index is 13.6. The topological polar surface area (TPSA) is 100 Å². The third-order valence-corrected chi connectivity index (χ3v) is 5.37. The Morgan fingerprint density at radius 1 is 1.19 bits per heavy atom. The molecule has 0 amide bonds. The van der Waals surface area contributed by atoms with Crippen LogP contribution in [0.5, 0.6) is 0 Å². The average Bonchev–Trinajstić information content (AvgIpc) is 2.74. The second-order valence-corrected chi connectivity index (χ2v) is 7.55. The van der Waals surface area contributed by atoms with E-state index in [0.717, 1.165) is 25.1 Å². The van der Waals surface area contributed by atoms with E-state index in [0.29, 0.717) is 29.6 Å². The number of hydrogen-bond acceptors (Lipinski definition) is 6. The highest BCUT2D eigenvalue weighted by Crippen LogP contribution is 2.21. The number of pyridine rings is 1.